The van der Waals surface area contributed by atoms with Gasteiger partial charge in [-0.15, -0.1) is 10.2 Å². The zero-order valence-electron chi connectivity index (χ0n) is 15.1. The molecular formula is C20H17N3O4S. The summed E-state index contributed by atoms with van der Waals surface area (Å²) in [5.41, 5.74) is 2.94. The molecule has 0 spiro atoms. The summed E-state index contributed by atoms with van der Waals surface area (Å²) in [5, 5.41) is 8.21. The third kappa shape index (κ3) is 2.99. The normalized spacial score (nSPS) is 15.5. The number of benzene rings is 2. The molecule has 2 aliphatic rings. The number of hydrogen-bond acceptors (Lipinski definition) is 7. The Balaban J connectivity index is 1.30. The molecule has 0 radical (unpaired) electrons. The Hall–Kier alpha value is -3.00. The fourth-order valence-corrected chi connectivity index (χ4v) is 4.14. The van der Waals surface area contributed by atoms with Crippen LogP contribution in [0.4, 0.5) is 5.69 Å². The number of anilines is 1. The number of hydrogen-bond donors (Lipinski definition) is 0. The largest absolute Gasteiger partial charge is 0.454 e. The van der Waals surface area contributed by atoms with Crippen molar-refractivity contribution in [2.75, 3.05) is 18.2 Å². The monoisotopic (exact) mass is 395 g/mol. The van der Waals surface area contributed by atoms with Crippen molar-refractivity contribution in [1.29, 1.82) is 0 Å². The molecule has 0 bridgehead atoms. The SMILES string of the molecule is CC(Sc1nnc(-c2ccc3c(c2)OCO3)o1)C(=O)N1CCc2ccccc21. The lowest BCUT2D eigenvalue weighted by molar-refractivity contribution is -0.117. The number of carbonyl (C=O) groups is 1. The molecule has 142 valence electrons. The number of carbonyl (C=O) groups excluding carboxylic acids is 1. The number of fused-ring (bicyclic) bond motifs is 2. The fraction of sp³-hybridized carbons (Fsp3) is 0.250. The number of ether oxygens (including phenoxy) is 2. The van der Waals surface area contributed by atoms with Crippen LogP contribution in [0.25, 0.3) is 11.5 Å². The number of aromatic nitrogens is 2. The number of thioether (sulfide) groups is 1. The lowest BCUT2D eigenvalue weighted by atomic mass is 10.2. The van der Waals surface area contributed by atoms with Crippen molar-refractivity contribution in [3.63, 3.8) is 0 Å². The first-order valence-electron chi connectivity index (χ1n) is 8.98. The van der Waals surface area contributed by atoms with E-state index in [2.05, 4.69) is 16.3 Å². The van der Waals surface area contributed by atoms with Crippen molar-refractivity contribution in [2.24, 2.45) is 0 Å². The molecule has 1 unspecified atom stereocenters. The van der Waals surface area contributed by atoms with E-state index >= 15 is 0 Å². The lowest BCUT2D eigenvalue weighted by Crippen LogP contribution is -2.35. The summed E-state index contributed by atoms with van der Waals surface area (Å²) < 4.78 is 16.4. The van der Waals surface area contributed by atoms with E-state index in [-0.39, 0.29) is 18.0 Å². The zero-order valence-corrected chi connectivity index (χ0v) is 15.9. The molecule has 3 heterocycles. The predicted octanol–water partition coefficient (Wildman–Crippen LogP) is 3.54. The van der Waals surface area contributed by atoms with Crippen LogP contribution in [0.2, 0.25) is 0 Å². The number of nitrogens with zero attached hydrogens (tertiary/aromatic N) is 3. The van der Waals surface area contributed by atoms with Crippen LogP contribution in [-0.2, 0) is 11.2 Å². The van der Waals surface area contributed by atoms with Crippen LogP contribution in [0.1, 0.15) is 12.5 Å². The van der Waals surface area contributed by atoms with Gasteiger partial charge in [-0.2, -0.15) is 0 Å². The van der Waals surface area contributed by atoms with Gasteiger partial charge in [-0.1, -0.05) is 30.0 Å². The smallest absolute Gasteiger partial charge is 0.277 e. The predicted molar refractivity (Wildman–Crippen MR) is 104 cm³/mol. The summed E-state index contributed by atoms with van der Waals surface area (Å²) in [6, 6.07) is 13.5. The van der Waals surface area contributed by atoms with Gasteiger partial charge in [0.1, 0.15) is 0 Å². The van der Waals surface area contributed by atoms with Crippen molar-refractivity contribution in [3.8, 4) is 23.0 Å². The highest BCUT2D eigenvalue weighted by molar-refractivity contribution is 8.00. The van der Waals surface area contributed by atoms with Gasteiger partial charge in [0.2, 0.25) is 18.6 Å². The Morgan fingerprint density at radius 2 is 2.00 bits per heavy atom. The quantitative estimate of drug-likeness (QED) is 0.625. The summed E-state index contributed by atoms with van der Waals surface area (Å²) in [7, 11) is 0. The minimum Gasteiger partial charge on any atom is -0.454 e. The Bertz CT molecular complexity index is 1050. The number of rotatable bonds is 4. The standard InChI is InChI=1S/C20H17N3O4S/c1-12(19(24)23-9-8-13-4-2-3-5-15(13)23)28-20-22-21-18(27-20)14-6-7-16-17(10-14)26-11-25-16/h2-7,10,12H,8-9,11H2,1H3. The molecule has 28 heavy (non-hydrogen) atoms. The molecule has 1 aromatic heterocycles. The first-order valence-corrected chi connectivity index (χ1v) is 9.86. The minimum atomic E-state index is -0.337. The van der Waals surface area contributed by atoms with Crippen LogP contribution in [0, 0.1) is 0 Å². The van der Waals surface area contributed by atoms with Crippen molar-refractivity contribution in [1.82, 2.24) is 10.2 Å². The van der Waals surface area contributed by atoms with E-state index in [1.54, 1.807) is 6.07 Å². The van der Waals surface area contributed by atoms with E-state index in [0.29, 0.717) is 29.2 Å². The minimum absolute atomic E-state index is 0.0396. The maximum atomic E-state index is 12.9. The van der Waals surface area contributed by atoms with Gasteiger partial charge in [0, 0.05) is 17.8 Å². The Morgan fingerprint density at radius 3 is 2.93 bits per heavy atom. The zero-order chi connectivity index (χ0) is 19.1. The molecule has 2 aliphatic heterocycles. The lowest BCUT2D eigenvalue weighted by Gasteiger charge is -2.20. The Labute approximate surface area is 165 Å². The third-order valence-electron chi connectivity index (χ3n) is 4.80. The highest BCUT2D eigenvalue weighted by Crippen LogP contribution is 2.36. The number of para-hydroxylation sites is 1. The van der Waals surface area contributed by atoms with Crippen LogP contribution in [0.15, 0.2) is 52.1 Å². The molecule has 1 amide bonds. The Morgan fingerprint density at radius 1 is 1.14 bits per heavy atom. The molecule has 0 fully saturated rings. The van der Waals surface area contributed by atoms with Crippen molar-refractivity contribution in [3.05, 3.63) is 48.0 Å². The van der Waals surface area contributed by atoms with Crippen molar-refractivity contribution >= 4 is 23.4 Å². The van der Waals surface area contributed by atoms with E-state index < -0.39 is 0 Å². The molecule has 5 rings (SSSR count). The molecule has 0 saturated carbocycles. The van der Waals surface area contributed by atoms with Gasteiger partial charge in [0.15, 0.2) is 11.5 Å². The first-order chi connectivity index (χ1) is 13.7. The van der Waals surface area contributed by atoms with E-state index in [0.717, 1.165) is 17.7 Å². The average Bonchev–Trinajstić information content (AvgIpc) is 3.45. The van der Waals surface area contributed by atoms with E-state index in [4.69, 9.17) is 13.9 Å². The third-order valence-corrected chi connectivity index (χ3v) is 5.73. The van der Waals surface area contributed by atoms with Crippen LogP contribution >= 0.6 is 11.8 Å². The van der Waals surface area contributed by atoms with E-state index in [1.165, 1.54) is 17.3 Å². The molecule has 0 aliphatic carbocycles. The van der Waals surface area contributed by atoms with Gasteiger partial charge in [0.25, 0.3) is 5.22 Å². The maximum absolute atomic E-state index is 12.9. The van der Waals surface area contributed by atoms with Gasteiger partial charge in [-0.05, 0) is 43.2 Å². The first kappa shape index (κ1) is 17.1. The highest BCUT2D eigenvalue weighted by atomic mass is 32.2. The molecular weight excluding hydrogens is 378 g/mol. The topological polar surface area (TPSA) is 77.7 Å². The van der Waals surface area contributed by atoms with Crippen LogP contribution in [0.3, 0.4) is 0 Å². The maximum Gasteiger partial charge on any atom is 0.277 e. The van der Waals surface area contributed by atoms with E-state index in [1.807, 2.05) is 42.2 Å². The van der Waals surface area contributed by atoms with Gasteiger partial charge in [0.05, 0.1) is 5.25 Å². The highest BCUT2D eigenvalue weighted by Gasteiger charge is 2.29. The number of amides is 1. The second-order valence-corrected chi connectivity index (χ2v) is 7.86. The summed E-state index contributed by atoms with van der Waals surface area (Å²) in [6.45, 7) is 2.77. The van der Waals surface area contributed by atoms with Crippen LogP contribution < -0.4 is 14.4 Å². The molecule has 0 N–H and O–H groups in total. The van der Waals surface area contributed by atoms with E-state index in [9.17, 15) is 4.79 Å². The van der Waals surface area contributed by atoms with Gasteiger partial charge in [-0.25, -0.2) is 0 Å². The Kier molecular flexibility index (Phi) is 4.20. The van der Waals surface area contributed by atoms with Crippen LogP contribution in [-0.4, -0.2) is 34.7 Å². The van der Waals surface area contributed by atoms with Crippen molar-refractivity contribution < 1.29 is 18.7 Å². The molecule has 3 aromatic rings. The van der Waals surface area contributed by atoms with Gasteiger partial charge in [-0.3, -0.25) is 4.79 Å². The molecule has 8 heteroatoms. The summed E-state index contributed by atoms with van der Waals surface area (Å²) in [5.74, 6) is 1.77. The fourth-order valence-electron chi connectivity index (χ4n) is 3.39. The summed E-state index contributed by atoms with van der Waals surface area (Å²) >= 11 is 1.27. The summed E-state index contributed by atoms with van der Waals surface area (Å²) in [6.07, 6.45) is 0.883. The van der Waals surface area contributed by atoms with Crippen LogP contribution in [0.5, 0.6) is 11.5 Å². The van der Waals surface area contributed by atoms with Gasteiger partial charge < -0.3 is 18.8 Å². The molecule has 7 nitrogen and oxygen atoms in total. The second-order valence-electron chi connectivity index (χ2n) is 6.57. The summed E-state index contributed by atoms with van der Waals surface area (Å²) in [4.78, 5) is 14.7. The second kappa shape index (κ2) is 6.87. The van der Waals surface area contributed by atoms with Crippen molar-refractivity contribution in [2.45, 2.75) is 23.8 Å². The molecule has 2 aromatic carbocycles. The average molecular weight is 395 g/mol. The molecule has 0 saturated heterocycles. The molecule has 1 atom stereocenters. The van der Waals surface area contributed by atoms with Gasteiger partial charge >= 0.3 is 0 Å².